The van der Waals surface area contributed by atoms with E-state index in [1.165, 1.54) is 17.9 Å². The molecule has 0 aliphatic carbocycles. The molecule has 4 amide bonds. The van der Waals surface area contributed by atoms with E-state index in [0.29, 0.717) is 17.8 Å². The minimum Gasteiger partial charge on any atom is -0.460 e. The first kappa shape index (κ1) is 28.2. The lowest BCUT2D eigenvalue weighted by molar-refractivity contribution is -0.138. The predicted molar refractivity (Wildman–Crippen MR) is 136 cm³/mol. The van der Waals surface area contributed by atoms with Gasteiger partial charge in [-0.1, -0.05) is 0 Å². The van der Waals surface area contributed by atoms with E-state index in [2.05, 4.69) is 16.0 Å². The SMILES string of the molecule is CCNc1cc(OC(C)=C(C#N)C(=O)Nc2ccc(C(F)(F)F)cc2)cc2c1CN(C1CCC(=O)NC1=O)C2=O. The first-order valence-electron chi connectivity index (χ1n) is 12.3. The van der Waals surface area contributed by atoms with Gasteiger partial charge in [-0.3, -0.25) is 24.5 Å². The highest BCUT2D eigenvalue weighted by Crippen LogP contribution is 2.36. The fraction of sp³-hybridized carbons (Fsp3) is 0.296. The van der Waals surface area contributed by atoms with Gasteiger partial charge in [0.2, 0.25) is 11.8 Å². The van der Waals surface area contributed by atoms with E-state index in [1.54, 1.807) is 12.1 Å². The predicted octanol–water partition coefficient (Wildman–Crippen LogP) is 3.71. The van der Waals surface area contributed by atoms with Crippen LogP contribution in [0.5, 0.6) is 5.75 Å². The van der Waals surface area contributed by atoms with E-state index < -0.39 is 47.0 Å². The molecule has 1 atom stereocenters. The fourth-order valence-corrected chi connectivity index (χ4v) is 4.50. The van der Waals surface area contributed by atoms with Crippen LogP contribution in [-0.4, -0.2) is 41.1 Å². The van der Waals surface area contributed by atoms with Gasteiger partial charge in [-0.15, -0.1) is 0 Å². The summed E-state index contributed by atoms with van der Waals surface area (Å²) in [6.07, 6.45) is -4.22. The van der Waals surface area contributed by atoms with Crippen molar-refractivity contribution in [3.05, 3.63) is 64.4 Å². The van der Waals surface area contributed by atoms with E-state index in [4.69, 9.17) is 4.74 Å². The van der Waals surface area contributed by atoms with Gasteiger partial charge in [-0.2, -0.15) is 18.4 Å². The van der Waals surface area contributed by atoms with Gasteiger partial charge in [-0.25, -0.2) is 0 Å². The van der Waals surface area contributed by atoms with Crippen molar-refractivity contribution in [1.29, 1.82) is 5.26 Å². The highest BCUT2D eigenvalue weighted by molar-refractivity contribution is 6.07. The van der Waals surface area contributed by atoms with Crippen LogP contribution in [0.4, 0.5) is 24.5 Å². The zero-order valence-corrected chi connectivity index (χ0v) is 21.4. The summed E-state index contributed by atoms with van der Waals surface area (Å²) >= 11 is 0. The molecule has 208 valence electrons. The Morgan fingerprint density at radius 2 is 1.90 bits per heavy atom. The number of nitrogens with zero attached hydrogens (tertiary/aromatic N) is 2. The van der Waals surface area contributed by atoms with E-state index in [1.807, 2.05) is 6.92 Å². The molecule has 2 aliphatic rings. The number of ether oxygens (including phenoxy) is 1. The number of nitriles is 1. The second kappa shape index (κ2) is 11.1. The minimum atomic E-state index is -4.54. The molecule has 0 spiro atoms. The molecule has 40 heavy (non-hydrogen) atoms. The number of rotatable bonds is 7. The van der Waals surface area contributed by atoms with Crippen LogP contribution in [0.15, 0.2) is 47.7 Å². The Balaban J connectivity index is 1.57. The first-order valence-corrected chi connectivity index (χ1v) is 12.3. The standard InChI is InChI=1S/C27H24F3N5O5/c1-3-32-21-11-17(10-18-20(21)13-35(26(18)39)22-8-9-23(36)34-25(22)38)40-14(2)19(12-31)24(37)33-16-6-4-15(5-7-16)27(28,29)30/h4-7,10-11,22,32H,3,8-9,13H2,1-2H3,(H,33,37)(H,34,36,38). The lowest BCUT2D eigenvalue weighted by Crippen LogP contribution is -2.52. The van der Waals surface area contributed by atoms with E-state index in [9.17, 15) is 37.6 Å². The van der Waals surface area contributed by atoms with Gasteiger partial charge in [-0.05, 0) is 50.6 Å². The topological polar surface area (TPSA) is 141 Å². The molecule has 3 N–H and O–H groups in total. The van der Waals surface area contributed by atoms with E-state index in [-0.39, 0.29) is 42.1 Å². The number of halogens is 3. The third-order valence-corrected chi connectivity index (χ3v) is 6.43. The molecule has 2 heterocycles. The van der Waals surface area contributed by atoms with Gasteiger partial charge in [0, 0.05) is 42.5 Å². The maximum Gasteiger partial charge on any atom is 0.416 e. The normalized spacial score (nSPS) is 17.4. The molecule has 2 aromatic carbocycles. The Hall–Kier alpha value is -4.86. The van der Waals surface area contributed by atoms with Gasteiger partial charge in [0.1, 0.15) is 23.6 Å². The molecule has 0 saturated carbocycles. The number of nitrogens with one attached hydrogen (secondary N) is 3. The second-order valence-corrected chi connectivity index (χ2v) is 9.10. The van der Waals surface area contributed by atoms with E-state index in [0.717, 1.165) is 24.3 Å². The van der Waals surface area contributed by atoms with Crippen LogP contribution in [0.3, 0.4) is 0 Å². The van der Waals surface area contributed by atoms with E-state index >= 15 is 0 Å². The van der Waals surface area contributed by atoms with Crippen LogP contribution in [0.25, 0.3) is 0 Å². The first-order chi connectivity index (χ1) is 18.9. The molecule has 1 fully saturated rings. The number of anilines is 2. The summed E-state index contributed by atoms with van der Waals surface area (Å²) in [5, 5.41) is 17.4. The van der Waals surface area contributed by atoms with Crippen molar-refractivity contribution in [3.8, 4) is 11.8 Å². The zero-order valence-electron chi connectivity index (χ0n) is 21.4. The molecular formula is C27H24F3N5O5. The molecule has 10 nitrogen and oxygen atoms in total. The lowest BCUT2D eigenvalue weighted by Gasteiger charge is -2.29. The largest absolute Gasteiger partial charge is 0.460 e. The van der Waals surface area contributed by atoms with Crippen LogP contribution in [-0.2, 0) is 27.1 Å². The minimum absolute atomic E-state index is 0.0460. The summed E-state index contributed by atoms with van der Waals surface area (Å²) in [6.45, 7) is 3.84. The Labute approximate surface area is 226 Å². The number of allylic oxidation sites excluding steroid dienone is 1. The fourth-order valence-electron chi connectivity index (χ4n) is 4.50. The number of benzene rings is 2. The summed E-state index contributed by atoms with van der Waals surface area (Å²) in [5.74, 6) is -2.24. The Morgan fingerprint density at radius 1 is 1.20 bits per heavy atom. The quantitative estimate of drug-likeness (QED) is 0.205. The van der Waals surface area contributed by atoms with Gasteiger partial charge in [0.25, 0.3) is 11.8 Å². The number of imide groups is 1. The number of piperidine rings is 1. The summed E-state index contributed by atoms with van der Waals surface area (Å²) in [4.78, 5) is 51.3. The number of hydrogen-bond acceptors (Lipinski definition) is 7. The average Bonchev–Trinajstić information content (AvgIpc) is 3.20. The van der Waals surface area contributed by atoms with Crippen LogP contribution in [0.1, 0.15) is 48.2 Å². The van der Waals surface area contributed by atoms with Crippen LogP contribution in [0.2, 0.25) is 0 Å². The molecule has 1 saturated heterocycles. The summed E-state index contributed by atoms with van der Waals surface area (Å²) in [6, 6.07) is 7.70. The number of alkyl halides is 3. The second-order valence-electron chi connectivity index (χ2n) is 9.10. The summed E-state index contributed by atoms with van der Waals surface area (Å²) in [7, 11) is 0. The monoisotopic (exact) mass is 555 g/mol. The molecule has 2 aromatic rings. The highest BCUT2D eigenvalue weighted by atomic mass is 19.4. The lowest BCUT2D eigenvalue weighted by atomic mass is 10.0. The van der Waals surface area contributed by atoms with Crippen LogP contribution < -0.4 is 20.7 Å². The molecule has 0 radical (unpaired) electrons. The van der Waals surface area contributed by atoms with Gasteiger partial charge in [0.05, 0.1) is 11.1 Å². The van der Waals surface area contributed by atoms with Crippen molar-refractivity contribution in [1.82, 2.24) is 10.2 Å². The van der Waals surface area contributed by atoms with Gasteiger partial charge in [0.15, 0.2) is 5.57 Å². The Bertz CT molecular complexity index is 1460. The third-order valence-electron chi connectivity index (χ3n) is 6.43. The number of amides is 4. The Kier molecular flexibility index (Phi) is 7.81. The number of carbonyl (C=O) groups is 4. The molecular weight excluding hydrogens is 531 g/mol. The highest BCUT2D eigenvalue weighted by Gasteiger charge is 2.40. The van der Waals surface area contributed by atoms with Crippen molar-refractivity contribution in [2.24, 2.45) is 0 Å². The smallest absolute Gasteiger partial charge is 0.416 e. The number of fused-ring (bicyclic) bond motifs is 1. The number of hydrogen-bond donors (Lipinski definition) is 3. The summed E-state index contributed by atoms with van der Waals surface area (Å²) in [5.41, 5.74) is 0.176. The molecule has 13 heteroatoms. The number of carbonyl (C=O) groups excluding carboxylic acids is 4. The van der Waals surface area contributed by atoms with Crippen molar-refractivity contribution in [2.45, 2.75) is 45.5 Å². The van der Waals surface area contributed by atoms with Gasteiger partial charge >= 0.3 is 6.18 Å². The molecule has 0 bridgehead atoms. The molecule has 2 aliphatic heterocycles. The van der Waals surface area contributed by atoms with Crippen LogP contribution >= 0.6 is 0 Å². The maximum absolute atomic E-state index is 13.3. The molecule has 1 unspecified atom stereocenters. The molecule has 4 rings (SSSR count). The average molecular weight is 556 g/mol. The van der Waals surface area contributed by atoms with Crippen molar-refractivity contribution in [3.63, 3.8) is 0 Å². The van der Waals surface area contributed by atoms with Crippen molar-refractivity contribution in [2.75, 3.05) is 17.2 Å². The van der Waals surface area contributed by atoms with Crippen molar-refractivity contribution >= 4 is 35.0 Å². The zero-order chi connectivity index (χ0) is 29.2. The van der Waals surface area contributed by atoms with Crippen LogP contribution in [0, 0.1) is 11.3 Å². The van der Waals surface area contributed by atoms with Gasteiger partial charge < -0.3 is 20.3 Å². The molecule has 0 aromatic heterocycles. The van der Waals surface area contributed by atoms with Crippen molar-refractivity contribution < 1.29 is 37.1 Å². The summed E-state index contributed by atoms with van der Waals surface area (Å²) < 4.78 is 44.2. The Morgan fingerprint density at radius 3 is 2.50 bits per heavy atom. The maximum atomic E-state index is 13.3. The third kappa shape index (κ3) is 5.75.